The maximum Gasteiger partial charge on any atom is 0.0547 e. The van der Waals surface area contributed by atoms with E-state index in [1.165, 1.54) is 35.3 Å². The monoisotopic (exact) mass is 319 g/mol. The Hall–Kier alpha value is -1.29. The Labute approximate surface area is 122 Å². The minimum absolute atomic E-state index is 0.380. The molecule has 1 aromatic carbocycles. The van der Waals surface area contributed by atoms with Gasteiger partial charge in [0.2, 0.25) is 0 Å². The summed E-state index contributed by atoms with van der Waals surface area (Å²) >= 11 is 3.54. The van der Waals surface area contributed by atoms with Crippen LogP contribution in [0.1, 0.15) is 35.7 Å². The number of benzene rings is 1. The third kappa shape index (κ3) is 2.41. The molecule has 0 spiro atoms. The summed E-state index contributed by atoms with van der Waals surface area (Å²) in [5, 5.41) is 8.07. The van der Waals surface area contributed by atoms with Gasteiger partial charge in [-0.3, -0.25) is 4.68 Å². The van der Waals surface area contributed by atoms with Crippen LogP contribution >= 0.6 is 15.9 Å². The van der Waals surface area contributed by atoms with E-state index in [4.69, 9.17) is 0 Å². The van der Waals surface area contributed by atoms with E-state index in [0.717, 1.165) is 10.9 Å². The lowest BCUT2D eigenvalue weighted by atomic mass is 9.92. The number of nitrogens with one attached hydrogen (secondary N) is 1. The number of hydrogen-bond acceptors (Lipinski definition) is 2. The van der Waals surface area contributed by atoms with E-state index in [2.05, 4.69) is 51.5 Å². The molecule has 3 rings (SSSR count). The van der Waals surface area contributed by atoms with E-state index in [9.17, 15) is 0 Å². The molecule has 1 heterocycles. The van der Waals surface area contributed by atoms with Gasteiger partial charge in [-0.05, 0) is 43.9 Å². The van der Waals surface area contributed by atoms with Crippen molar-refractivity contribution < 1.29 is 0 Å². The second-order valence-electron chi connectivity index (χ2n) is 5.22. The largest absolute Gasteiger partial charge is 0.378 e. The van der Waals surface area contributed by atoms with Crippen LogP contribution in [0.25, 0.3) is 0 Å². The van der Waals surface area contributed by atoms with Gasteiger partial charge in [-0.25, -0.2) is 0 Å². The molecule has 1 atom stereocenters. The predicted octanol–water partition coefficient (Wildman–Crippen LogP) is 3.98. The molecule has 1 aliphatic carbocycles. The van der Waals surface area contributed by atoms with Crippen molar-refractivity contribution in [3.8, 4) is 0 Å². The lowest BCUT2D eigenvalue weighted by molar-refractivity contribution is 0.571. The van der Waals surface area contributed by atoms with Crippen molar-refractivity contribution in [3.05, 3.63) is 45.7 Å². The first-order valence-electron chi connectivity index (χ1n) is 6.68. The molecule has 0 bridgehead atoms. The van der Waals surface area contributed by atoms with Crippen LogP contribution in [0, 0.1) is 6.92 Å². The summed E-state index contributed by atoms with van der Waals surface area (Å²) in [5.74, 6) is 0. The minimum atomic E-state index is 0.380. The highest BCUT2D eigenvalue weighted by Gasteiger charge is 2.23. The van der Waals surface area contributed by atoms with Gasteiger partial charge in [-0.1, -0.05) is 22.0 Å². The van der Waals surface area contributed by atoms with Crippen LogP contribution in [-0.2, 0) is 13.5 Å². The molecule has 1 N–H and O–H groups in total. The maximum atomic E-state index is 4.40. The average molecular weight is 320 g/mol. The smallest absolute Gasteiger partial charge is 0.0547 e. The van der Waals surface area contributed by atoms with Crippen LogP contribution in [0.4, 0.5) is 5.69 Å². The fourth-order valence-corrected chi connectivity index (χ4v) is 3.15. The summed E-state index contributed by atoms with van der Waals surface area (Å²) in [6.45, 7) is 2.14. The van der Waals surface area contributed by atoms with Crippen molar-refractivity contribution in [1.29, 1.82) is 0 Å². The number of rotatable bonds is 2. The quantitative estimate of drug-likeness (QED) is 0.907. The lowest BCUT2D eigenvalue weighted by Gasteiger charge is -2.25. The SMILES string of the molecule is Cc1ccc(Br)cc1NC1CCCc2c1cnn2C. The van der Waals surface area contributed by atoms with Crippen molar-refractivity contribution in [2.75, 3.05) is 5.32 Å². The molecule has 4 heteroatoms. The molecule has 0 saturated heterocycles. The van der Waals surface area contributed by atoms with Crippen LogP contribution < -0.4 is 5.32 Å². The highest BCUT2D eigenvalue weighted by Crippen LogP contribution is 2.33. The summed E-state index contributed by atoms with van der Waals surface area (Å²) in [7, 11) is 2.03. The Morgan fingerprint density at radius 2 is 2.26 bits per heavy atom. The molecule has 1 aliphatic rings. The van der Waals surface area contributed by atoms with Crippen LogP contribution in [0.3, 0.4) is 0 Å². The first kappa shape index (κ1) is 12.7. The van der Waals surface area contributed by atoms with Gasteiger partial charge in [-0.15, -0.1) is 0 Å². The van der Waals surface area contributed by atoms with Crippen molar-refractivity contribution in [1.82, 2.24) is 9.78 Å². The number of aryl methyl sites for hydroxylation is 2. The Balaban J connectivity index is 1.90. The van der Waals surface area contributed by atoms with Gasteiger partial charge in [0.1, 0.15) is 0 Å². The number of halogens is 1. The standard InChI is InChI=1S/C15H18BrN3/c1-10-6-7-11(16)8-14(10)18-13-4-3-5-15-12(13)9-17-19(15)2/h6-9,13,18H,3-5H2,1-2H3. The molecule has 0 aliphatic heterocycles. The molecular formula is C15H18BrN3. The van der Waals surface area contributed by atoms with Crippen molar-refractivity contribution in [2.24, 2.45) is 7.05 Å². The molecule has 100 valence electrons. The van der Waals surface area contributed by atoms with Crippen molar-refractivity contribution in [3.63, 3.8) is 0 Å². The molecule has 2 aromatic rings. The summed E-state index contributed by atoms with van der Waals surface area (Å²) in [6, 6.07) is 6.75. The molecule has 19 heavy (non-hydrogen) atoms. The van der Waals surface area contributed by atoms with Gasteiger partial charge in [0.05, 0.1) is 12.2 Å². The highest BCUT2D eigenvalue weighted by atomic mass is 79.9. The number of fused-ring (bicyclic) bond motifs is 1. The Kier molecular flexibility index (Phi) is 3.35. The highest BCUT2D eigenvalue weighted by molar-refractivity contribution is 9.10. The van der Waals surface area contributed by atoms with E-state index in [1.807, 2.05) is 17.9 Å². The van der Waals surface area contributed by atoms with Crippen molar-refractivity contribution in [2.45, 2.75) is 32.2 Å². The minimum Gasteiger partial charge on any atom is -0.378 e. The molecule has 3 nitrogen and oxygen atoms in total. The number of anilines is 1. The van der Waals surface area contributed by atoms with E-state index >= 15 is 0 Å². The zero-order valence-electron chi connectivity index (χ0n) is 11.3. The van der Waals surface area contributed by atoms with E-state index in [1.54, 1.807) is 0 Å². The van der Waals surface area contributed by atoms with Crippen LogP contribution in [0.2, 0.25) is 0 Å². The fourth-order valence-electron chi connectivity index (χ4n) is 2.79. The fraction of sp³-hybridized carbons (Fsp3) is 0.400. The third-order valence-corrected chi connectivity index (χ3v) is 4.40. The van der Waals surface area contributed by atoms with Gasteiger partial charge in [0, 0.05) is 28.5 Å². The average Bonchev–Trinajstić information content (AvgIpc) is 2.77. The summed E-state index contributed by atoms with van der Waals surface area (Å²) in [6.07, 6.45) is 5.54. The number of nitrogens with zero attached hydrogens (tertiary/aromatic N) is 2. The number of aromatic nitrogens is 2. The van der Waals surface area contributed by atoms with Gasteiger partial charge >= 0.3 is 0 Å². The van der Waals surface area contributed by atoms with Crippen molar-refractivity contribution >= 4 is 21.6 Å². The Bertz CT molecular complexity index is 603. The summed E-state index contributed by atoms with van der Waals surface area (Å²) in [4.78, 5) is 0. The number of hydrogen-bond donors (Lipinski definition) is 1. The first-order chi connectivity index (χ1) is 9.15. The van der Waals surface area contributed by atoms with Gasteiger partial charge in [0.25, 0.3) is 0 Å². The summed E-state index contributed by atoms with van der Waals surface area (Å²) in [5.41, 5.74) is 5.21. The van der Waals surface area contributed by atoms with E-state index in [-0.39, 0.29) is 0 Å². The van der Waals surface area contributed by atoms with Crippen LogP contribution in [-0.4, -0.2) is 9.78 Å². The molecule has 0 fully saturated rings. The zero-order valence-corrected chi connectivity index (χ0v) is 12.9. The van der Waals surface area contributed by atoms with Crippen LogP contribution in [0.15, 0.2) is 28.9 Å². The van der Waals surface area contributed by atoms with Gasteiger partial charge in [0.15, 0.2) is 0 Å². The van der Waals surface area contributed by atoms with Gasteiger partial charge in [-0.2, -0.15) is 5.10 Å². The first-order valence-corrected chi connectivity index (χ1v) is 7.48. The maximum absolute atomic E-state index is 4.40. The second-order valence-corrected chi connectivity index (χ2v) is 6.13. The molecule has 0 amide bonds. The lowest BCUT2D eigenvalue weighted by Crippen LogP contribution is -2.18. The molecule has 1 aromatic heterocycles. The second kappa shape index (κ2) is 5.00. The normalized spacial score (nSPS) is 18.2. The van der Waals surface area contributed by atoms with Crippen LogP contribution in [0.5, 0.6) is 0 Å². The topological polar surface area (TPSA) is 29.9 Å². The van der Waals surface area contributed by atoms with E-state index < -0.39 is 0 Å². The third-order valence-electron chi connectivity index (χ3n) is 3.91. The molecule has 0 saturated carbocycles. The molecular weight excluding hydrogens is 302 g/mol. The predicted molar refractivity (Wildman–Crippen MR) is 81.4 cm³/mol. The summed E-state index contributed by atoms with van der Waals surface area (Å²) < 4.78 is 3.12. The van der Waals surface area contributed by atoms with E-state index in [0.29, 0.717) is 6.04 Å². The molecule has 1 unspecified atom stereocenters. The zero-order chi connectivity index (χ0) is 13.4. The molecule has 0 radical (unpaired) electrons. The Morgan fingerprint density at radius 3 is 3.11 bits per heavy atom. The van der Waals surface area contributed by atoms with Gasteiger partial charge < -0.3 is 5.32 Å². The Morgan fingerprint density at radius 1 is 1.42 bits per heavy atom.